The Labute approximate surface area is 130 Å². The molecule has 3 aromatic carbocycles. The fraction of sp³-hybridized carbons (Fsp3) is 0.0556. The third-order valence-electron chi connectivity index (χ3n) is 3.56. The molecule has 0 spiro atoms. The first-order chi connectivity index (χ1) is 11.0. The van der Waals surface area contributed by atoms with E-state index in [1.807, 2.05) is 0 Å². The average Bonchev–Trinajstić information content (AvgIpc) is 2.56. The van der Waals surface area contributed by atoms with E-state index in [4.69, 9.17) is 4.74 Å². The molecule has 0 atom stereocenters. The summed E-state index contributed by atoms with van der Waals surface area (Å²) in [4.78, 5) is 12.3. The molecule has 0 saturated carbocycles. The molecule has 0 bridgehead atoms. The number of ketones is 1. The fourth-order valence-corrected chi connectivity index (χ4v) is 2.34. The lowest BCUT2D eigenvalue weighted by atomic mass is 9.99. The molecule has 116 valence electrons. The number of halogens is 3. The first-order valence-electron chi connectivity index (χ1n) is 6.76. The minimum atomic E-state index is -1.33. The maximum Gasteiger partial charge on any atom is 0.196 e. The van der Waals surface area contributed by atoms with Gasteiger partial charge in [0.1, 0.15) is 11.6 Å². The second-order valence-corrected chi connectivity index (χ2v) is 5.00. The van der Waals surface area contributed by atoms with Crippen LogP contribution in [0.25, 0.3) is 10.8 Å². The number of carbonyl (C=O) groups is 1. The van der Waals surface area contributed by atoms with Crippen LogP contribution in [0.2, 0.25) is 0 Å². The summed E-state index contributed by atoms with van der Waals surface area (Å²) in [6.45, 7) is 0. The maximum atomic E-state index is 13.7. The van der Waals surface area contributed by atoms with E-state index in [-0.39, 0.29) is 5.56 Å². The van der Waals surface area contributed by atoms with Crippen molar-refractivity contribution in [3.05, 3.63) is 77.1 Å². The van der Waals surface area contributed by atoms with Gasteiger partial charge in [-0.3, -0.25) is 4.79 Å². The molecule has 3 rings (SSSR count). The quantitative estimate of drug-likeness (QED) is 0.525. The zero-order valence-electron chi connectivity index (χ0n) is 12.1. The zero-order chi connectivity index (χ0) is 16.6. The lowest BCUT2D eigenvalue weighted by Crippen LogP contribution is -2.06. The molecule has 3 aromatic rings. The van der Waals surface area contributed by atoms with Crippen LogP contribution in [0.3, 0.4) is 0 Å². The fourth-order valence-electron chi connectivity index (χ4n) is 2.34. The van der Waals surface area contributed by atoms with Gasteiger partial charge in [0.2, 0.25) is 0 Å². The van der Waals surface area contributed by atoms with E-state index in [2.05, 4.69) is 0 Å². The maximum absolute atomic E-state index is 13.7. The van der Waals surface area contributed by atoms with Crippen LogP contribution in [0, 0.1) is 17.5 Å². The standard InChI is InChI=1S/C18H11F3O2/c1-23-13-5-4-10-6-12(3-2-11(10)7-13)18(22)14-8-16(20)17(21)9-15(14)19/h2-9H,1H3. The lowest BCUT2D eigenvalue weighted by molar-refractivity contribution is 0.103. The Bertz CT molecular complexity index is 920. The van der Waals surface area contributed by atoms with E-state index < -0.39 is 28.8 Å². The molecule has 0 saturated heterocycles. The Morgan fingerprint density at radius 1 is 0.826 bits per heavy atom. The molecule has 0 unspecified atom stereocenters. The Morgan fingerprint density at radius 3 is 2.22 bits per heavy atom. The second kappa shape index (κ2) is 5.76. The number of ether oxygens (including phenoxy) is 1. The molecule has 0 aliphatic heterocycles. The van der Waals surface area contributed by atoms with Crippen LogP contribution < -0.4 is 4.74 Å². The summed E-state index contributed by atoms with van der Waals surface area (Å²) in [7, 11) is 1.55. The van der Waals surface area contributed by atoms with Gasteiger partial charge in [-0.05, 0) is 35.0 Å². The Kier molecular flexibility index (Phi) is 3.78. The van der Waals surface area contributed by atoms with E-state index >= 15 is 0 Å². The van der Waals surface area contributed by atoms with E-state index in [0.717, 1.165) is 10.8 Å². The highest BCUT2D eigenvalue weighted by molar-refractivity contribution is 6.10. The molecule has 2 nitrogen and oxygen atoms in total. The van der Waals surface area contributed by atoms with Crippen molar-refractivity contribution in [3.8, 4) is 5.75 Å². The highest BCUT2D eigenvalue weighted by Crippen LogP contribution is 2.24. The van der Waals surface area contributed by atoms with Crippen molar-refractivity contribution in [2.75, 3.05) is 7.11 Å². The van der Waals surface area contributed by atoms with Crippen molar-refractivity contribution < 1.29 is 22.7 Å². The zero-order valence-corrected chi connectivity index (χ0v) is 12.1. The summed E-state index contributed by atoms with van der Waals surface area (Å²) < 4.78 is 45.1. The Balaban J connectivity index is 2.06. The van der Waals surface area contributed by atoms with Crippen LogP contribution in [-0.4, -0.2) is 12.9 Å². The predicted octanol–water partition coefficient (Wildman–Crippen LogP) is 4.50. The van der Waals surface area contributed by atoms with E-state index in [9.17, 15) is 18.0 Å². The summed E-state index contributed by atoms with van der Waals surface area (Å²) in [6.07, 6.45) is 0. The van der Waals surface area contributed by atoms with Gasteiger partial charge in [0.15, 0.2) is 17.4 Å². The van der Waals surface area contributed by atoms with Crippen molar-refractivity contribution in [1.29, 1.82) is 0 Å². The monoisotopic (exact) mass is 316 g/mol. The molecule has 0 aromatic heterocycles. The highest BCUT2D eigenvalue weighted by Gasteiger charge is 2.18. The van der Waals surface area contributed by atoms with Gasteiger partial charge in [-0.15, -0.1) is 0 Å². The van der Waals surface area contributed by atoms with Crippen LogP contribution in [0.4, 0.5) is 13.2 Å². The van der Waals surface area contributed by atoms with Gasteiger partial charge in [0, 0.05) is 11.6 Å². The van der Waals surface area contributed by atoms with Gasteiger partial charge in [-0.1, -0.05) is 18.2 Å². The highest BCUT2D eigenvalue weighted by atomic mass is 19.2. The molecule has 0 heterocycles. The third-order valence-corrected chi connectivity index (χ3v) is 3.56. The van der Waals surface area contributed by atoms with Crippen LogP contribution in [-0.2, 0) is 0 Å². The number of carbonyl (C=O) groups excluding carboxylic acids is 1. The van der Waals surface area contributed by atoms with Crippen molar-refractivity contribution in [2.24, 2.45) is 0 Å². The summed E-state index contributed by atoms with van der Waals surface area (Å²) in [5.41, 5.74) is -0.315. The first kappa shape index (κ1) is 15.1. The van der Waals surface area contributed by atoms with Crippen LogP contribution in [0.5, 0.6) is 5.75 Å². The molecular weight excluding hydrogens is 305 g/mol. The van der Waals surface area contributed by atoms with Gasteiger partial charge in [0.05, 0.1) is 12.7 Å². The van der Waals surface area contributed by atoms with Crippen LogP contribution in [0.15, 0.2) is 48.5 Å². The molecule has 0 N–H and O–H groups in total. The first-order valence-corrected chi connectivity index (χ1v) is 6.76. The van der Waals surface area contributed by atoms with Gasteiger partial charge in [-0.2, -0.15) is 0 Å². The van der Waals surface area contributed by atoms with E-state index in [1.165, 1.54) is 6.07 Å². The SMILES string of the molecule is COc1ccc2cc(C(=O)c3cc(F)c(F)cc3F)ccc2c1. The lowest BCUT2D eigenvalue weighted by Gasteiger charge is -2.07. The van der Waals surface area contributed by atoms with E-state index in [0.29, 0.717) is 17.9 Å². The van der Waals surface area contributed by atoms with Crippen molar-refractivity contribution >= 4 is 16.6 Å². The van der Waals surface area contributed by atoms with Crippen molar-refractivity contribution in [3.63, 3.8) is 0 Å². The number of benzene rings is 3. The number of rotatable bonds is 3. The van der Waals surface area contributed by atoms with Crippen molar-refractivity contribution in [1.82, 2.24) is 0 Å². The second-order valence-electron chi connectivity index (χ2n) is 5.00. The summed E-state index contributed by atoms with van der Waals surface area (Å²) in [5, 5.41) is 1.59. The Morgan fingerprint density at radius 2 is 1.48 bits per heavy atom. The minimum Gasteiger partial charge on any atom is -0.497 e. The van der Waals surface area contributed by atoms with Gasteiger partial charge in [-0.25, -0.2) is 13.2 Å². The number of hydrogen-bond donors (Lipinski definition) is 0. The predicted molar refractivity (Wildman–Crippen MR) is 80.2 cm³/mol. The van der Waals surface area contributed by atoms with Gasteiger partial charge >= 0.3 is 0 Å². The molecular formula is C18H11F3O2. The molecule has 0 amide bonds. The molecule has 0 aliphatic carbocycles. The van der Waals surface area contributed by atoms with E-state index in [1.54, 1.807) is 37.4 Å². The average molecular weight is 316 g/mol. The van der Waals surface area contributed by atoms with Crippen LogP contribution >= 0.6 is 0 Å². The number of fused-ring (bicyclic) bond motifs is 1. The third kappa shape index (κ3) is 2.77. The number of methoxy groups -OCH3 is 1. The molecule has 0 aliphatic rings. The summed E-state index contributed by atoms with van der Waals surface area (Å²) in [6, 6.07) is 11.0. The van der Waals surface area contributed by atoms with Gasteiger partial charge < -0.3 is 4.74 Å². The molecule has 0 radical (unpaired) electrons. The summed E-state index contributed by atoms with van der Waals surface area (Å²) >= 11 is 0. The minimum absolute atomic E-state index is 0.188. The normalized spacial score (nSPS) is 10.8. The molecule has 0 fully saturated rings. The molecule has 23 heavy (non-hydrogen) atoms. The summed E-state index contributed by atoms with van der Waals surface area (Å²) in [5.74, 6) is -3.73. The van der Waals surface area contributed by atoms with Gasteiger partial charge in [0.25, 0.3) is 0 Å². The largest absolute Gasteiger partial charge is 0.497 e. The smallest absolute Gasteiger partial charge is 0.196 e. The molecule has 5 heteroatoms. The van der Waals surface area contributed by atoms with Crippen LogP contribution in [0.1, 0.15) is 15.9 Å². The topological polar surface area (TPSA) is 26.3 Å². The Hall–Kier alpha value is -2.82. The number of hydrogen-bond acceptors (Lipinski definition) is 2. The van der Waals surface area contributed by atoms with Crippen molar-refractivity contribution in [2.45, 2.75) is 0 Å².